The van der Waals surface area contributed by atoms with Crippen molar-refractivity contribution in [2.45, 2.75) is 44.9 Å². The van der Waals surface area contributed by atoms with E-state index >= 15 is 0 Å². The Bertz CT molecular complexity index is 955. The van der Waals surface area contributed by atoms with Gasteiger partial charge in [-0.25, -0.2) is 18.2 Å². The summed E-state index contributed by atoms with van der Waals surface area (Å²) in [6.45, 7) is 9.48. The summed E-state index contributed by atoms with van der Waals surface area (Å²) in [5, 5.41) is 9.23. The van der Waals surface area contributed by atoms with Crippen LogP contribution in [0.25, 0.3) is 0 Å². The minimum absolute atomic E-state index is 0.0895. The second-order valence-corrected chi connectivity index (χ2v) is 10.6. The molecule has 0 saturated carbocycles. The number of nitriles is 1. The number of amides is 1. The molecule has 1 aromatic heterocycles. The van der Waals surface area contributed by atoms with Crippen molar-refractivity contribution in [3.63, 3.8) is 0 Å². The lowest BCUT2D eigenvalue weighted by Crippen LogP contribution is -2.60. The third kappa shape index (κ3) is 3.90. The number of aryl methyl sites for hydroxylation is 1. The molecule has 2 aliphatic heterocycles. The van der Waals surface area contributed by atoms with Gasteiger partial charge < -0.3 is 14.5 Å². The molecule has 1 aromatic rings. The highest BCUT2D eigenvalue weighted by Crippen LogP contribution is 2.42. The predicted octanol–water partition coefficient (Wildman–Crippen LogP) is 1.51. The summed E-state index contributed by atoms with van der Waals surface area (Å²) < 4.78 is 29.2. The molecule has 0 bridgehead atoms. The van der Waals surface area contributed by atoms with Crippen LogP contribution < -0.4 is 4.90 Å². The molecule has 3 heterocycles. The standard InChI is InChI=1S/C18H25N5O4S/c1-12-13(8-19)14(21-15(20-12)28(5,25)26)22-7-6-18(9-22)10-23(11-18)16(24)27-17(2,3)4/h6-7,9-11H2,1-5H3. The Morgan fingerprint density at radius 3 is 2.43 bits per heavy atom. The number of likely N-dealkylation sites (tertiary alicyclic amines) is 1. The zero-order valence-corrected chi connectivity index (χ0v) is 17.6. The first-order valence-electron chi connectivity index (χ1n) is 9.05. The molecule has 152 valence electrons. The second-order valence-electron chi connectivity index (χ2n) is 8.68. The van der Waals surface area contributed by atoms with Crippen LogP contribution in [0.2, 0.25) is 0 Å². The fourth-order valence-electron chi connectivity index (χ4n) is 3.65. The van der Waals surface area contributed by atoms with Gasteiger partial charge in [-0.2, -0.15) is 10.2 Å². The first-order valence-corrected chi connectivity index (χ1v) is 10.9. The van der Waals surface area contributed by atoms with Gasteiger partial charge in [-0.15, -0.1) is 0 Å². The molecule has 2 saturated heterocycles. The minimum Gasteiger partial charge on any atom is -0.444 e. The van der Waals surface area contributed by atoms with Crippen molar-refractivity contribution in [2.24, 2.45) is 5.41 Å². The van der Waals surface area contributed by atoms with Crippen LogP contribution in [0.1, 0.15) is 38.4 Å². The van der Waals surface area contributed by atoms with E-state index < -0.39 is 15.4 Å². The lowest BCUT2D eigenvalue weighted by atomic mass is 9.79. The molecule has 3 rings (SSSR count). The van der Waals surface area contributed by atoms with Crippen LogP contribution in [0, 0.1) is 23.7 Å². The van der Waals surface area contributed by atoms with Gasteiger partial charge in [0.25, 0.3) is 0 Å². The van der Waals surface area contributed by atoms with Gasteiger partial charge in [-0.05, 0) is 34.1 Å². The molecule has 2 fully saturated rings. The molecule has 28 heavy (non-hydrogen) atoms. The molecule has 0 N–H and O–H groups in total. The smallest absolute Gasteiger partial charge is 0.410 e. The molecule has 9 nitrogen and oxygen atoms in total. The van der Waals surface area contributed by atoms with Crippen molar-refractivity contribution in [1.82, 2.24) is 14.9 Å². The van der Waals surface area contributed by atoms with Crippen LogP contribution >= 0.6 is 0 Å². The van der Waals surface area contributed by atoms with Crippen LogP contribution in [-0.4, -0.2) is 67.4 Å². The number of hydrogen-bond donors (Lipinski definition) is 0. The number of ether oxygens (including phenoxy) is 1. The number of carbonyl (C=O) groups is 1. The van der Waals surface area contributed by atoms with Crippen molar-refractivity contribution in [3.05, 3.63) is 11.3 Å². The minimum atomic E-state index is -3.59. The summed E-state index contributed by atoms with van der Waals surface area (Å²) in [4.78, 5) is 23.9. The van der Waals surface area contributed by atoms with Gasteiger partial charge in [-0.1, -0.05) is 0 Å². The van der Waals surface area contributed by atoms with Gasteiger partial charge in [0.05, 0.1) is 5.69 Å². The Morgan fingerprint density at radius 1 is 1.25 bits per heavy atom. The molecule has 0 atom stereocenters. The van der Waals surface area contributed by atoms with E-state index in [4.69, 9.17) is 4.74 Å². The molecule has 2 aliphatic rings. The summed E-state index contributed by atoms with van der Waals surface area (Å²) in [5.74, 6) is 0.350. The number of hydrogen-bond acceptors (Lipinski definition) is 8. The number of anilines is 1. The molecular formula is C18H25N5O4S. The van der Waals surface area contributed by atoms with Gasteiger partial charge in [-0.3, -0.25) is 0 Å². The van der Waals surface area contributed by atoms with Gasteiger partial charge in [0.1, 0.15) is 17.2 Å². The number of carbonyl (C=O) groups excluding carboxylic acids is 1. The largest absolute Gasteiger partial charge is 0.444 e. The summed E-state index contributed by atoms with van der Waals surface area (Å²) >= 11 is 0. The van der Waals surface area contributed by atoms with E-state index in [-0.39, 0.29) is 22.2 Å². The van der Waals surface area contributed by atoms with Crippen LogP contribution in [0.4, 0.5) is 10.6 Å². The van der Waals surface area contributed by atoms with Crippen LogP contribution in [0.5, 0.6) is 0 Å². The number of nitrogens with zero attached hydrogens (tertiary/aromatic N) is 5. The van der Waals surface area contributed by atoms with Crippen molar-refractivity contribution < 1.29 is 17.9 Å². The average Bonchev–Trinajstić information content (AvgIpc) is 2.95. The molecule has 0 radical (unpaired) electrons. The van der Waals surface area contributed by atoms with E-state index in [0.717, 1.165) is 12.7 Å². The molecule has 0 aliphatic carbocycles. The van der Waals surface area contributed by atoms with Crippen molar-refractivity contribution in [2.75, 3.05) is 37.3 Å². The molecule has 1 spiro atoms. The highest BCUT2D eigenvalue weighted by molar-refractivity contribution is 7.90. The third-order valence-corrected chi connectivity index (χ3v) is 5.78. The summed E-state index contributed by atoms with van der Waals surface area (Å²) in [5.41, 5.74) is 0.00275. The molecular weight excluding hydrogens is 382 g/mol. The van der Waals surface area contributed by atoms with E-state index in [9.17, 15) is 18.5 Å². The van der Waals surface area contributed by atoms with Crippen LogP contribution in [0.3, 0.4) is 0 Å². The van der Waals surface area contributed by atoms with Gasteiger partial charge >= 0.3 is 6.09 Å². The van der Waals surface area contributed by atoms with Crippen molar-refractivity contribution in [3.8, 4) is 6.07 Å². The van der Waals surface area contributed by atoms with Crippen LogP contribution in [0.15, 0.2) is 5.16 Å². The lowest BCUT2D eigenvalue weighted by Gasteiger charge is -2.47. The van der Waals surface area contributed by atoms with Crippen LogP contribution in [-0.2, 0) is 14.6 Å². The molecule has 0 aromatic carbocycles. The topological polar surface area (TPSA) is 116 Å². The normalized spacial score (nSPS) is 18.7. The Morgan fingerprint density at radius 2 is 1.89 bits per heavy atom. The van der Waals surface area contributed by atoms with Crippen molar-refractivity contribution in [1.29, 1.82) is 5.26 Å². The van der Waals surface area contributed by atoms with Gasteiger partial charge in [0.15, 0.2) is 5.82 Å². The molecule has 0 unspecified atom stereocenters. The van der Waals surface area contributed by atoms with E-state index in [1.165, 1.54) is 0 Å². The third-order valence-electron chi connectivity index (χ3n) is 4.94. The molecule has 1 amide bonds. The zero-order chi connectivity index (χ0) is 20.9. The number of rotatable bonds is 2. The maximum atomic E-state index is 12.2. The maximum Gasteiger partial charge on any atom is 0.410 e. The van der Waals surface area contributed by atoms with Gasteiger partial charge in [0.2, 0.25) is 15.0 Å². The fraction of sp³-hybridized carbons (Fsp3) is 0.667. The Labute approximate surface area is 165 Å². The van der Waals surface area contributed by atoms with E-state index in [0.29, 0.717) is 37.7 Å². The number of aromatic nitrogens is 2. The van der Waals surface area contributed by atoms with Crippen molar-refractivity contribution >= 4 is 21.7 Å². The highest BCUT2D eigenvalue weighted by atomic mass is 32.2. The van der Waals surface area contributed by atoms with E-state index in [2.05, 4.69) is 16.0 Å². The maximum absolute atomic E-state index is 12.2. The lowest BCUT2D eigenvalue weighted by molar-refractivity contribution is -0.0266. The average molecular weight is 407 g/mol. The Hall–Kier alpha value is -2.41. The first-order chi connectivity index (χ1) is 12.8. The summed E-state index contributed by atoms with van der Waals surface area (Å²) in [7, 11) is -3.59. The quantitative estimate of drug-likeness (QED) is 0.677. The molecule has 10 heteroatoms. The summed E-state index contributed by atoms with van der Waals surface area (Å²) in [6.07, 6.45) is 1.55. The Balaban J connectivity index is 1.78. The van der Waals surface area contributed by atoms with E-state index in [1.807, 2.05) is 25.7 Å². The van der Waals surface area contributed by atoms with E-state index in [1.54, 1.807) is 11.8 Å². The summed E-state index contributed by atoms with van der Waals surface area (Å²) in [6, 6.07) is 2.09. The zero-order valence-electron chi connectivity index (χ0n) is 16.8. The monoisotopic (exact) mass is 407 g/mol. The SMILES string of the molecule is Cc1nc(S(C)(=O)=O)nc(N2CCC3(CN(C(=O)OC(C)(C)C)C3)C2)c1C#N. The Kier molecular flexibility index (Phi) is 4.78. The fourth-order valence-corrected chi connectivity index (χ4v) is 4.21. The first kappa shape index (κ1) is 20.3. The van der Waals surface area contributed by atoms with Gasteiger partial charge in [0, 0.05) is 37.8 Å². The number of sulfone groups is 1. The predicted molar refractivity (Wildman–Crippen MR) is 102 cm³/mol. The highest BCUT2D eigenvalue weighted by Gasteiger charge is 2.51. The second kappa shape index (κ2) is 6.58.